The molecule has 1 aromatic rings. The van der Waals surface area contributed by atoms with Crippen LogP contribution in [-0.2, 0) is 9.59 Å². The summed E-state index contributed by atoms with van der Waals surface area (Å²) in [6, 6.07) is 7.66. The van der Waals surface area contributed by atoms with Crippen molar-refractivity contribution >= 4 is 33.4 Å². The summed E-state index contributed by atoms with van der Waals surface area (Å²) in [6.45, 7) is 2.20. The second-order valence-electron chi connectivity index (χ2n) is 5.42. The molecule has 2 aliphatic heterocycles. The molecule has 0 N–H and O–H groups in total. The number of hydrogen-bond donors (Lipinski definition) is 0. The Kier molecular flexibility index (Phi) is 3.78. The van der Waals surface area contributed by atoms with Crippen LogP contribution in [0.2, 0.25) is 0 Å². The average Bonchev–Trinajstić information content (AvgIpc) is 3.07. The van der Waals surface area contributed by atoms with Crippen LogP contribution in [0.15, 0.2) is 28.7 Å². The van der Waals surface area contributed by atoms with Crippen LogP contribution in [0.5, 0.6) is 0 Å². The van der Waals surface area contributed by atoms with E-state index in [1.165, 1.54) is 0 Å². The van der Waals surface area contributed by atoms with Crippen molar-refractivity contribution in [1.82, 2.24) is 4.90 Å². The molecule has 0 saturated carbocycles. The van der Waals surface area contributed by atoms with E-state index in [1.807, 2.05) is 29.2 Å². The summed E-state index contributed by atoms with van der Waals surface area (Å²) in [5.41, 5.74) is 0.862. The number of benzene rings is 1. The SMILES string of the molecule is O=C(C1CC(=O)N(c2cccc(Br)c2)C1)N1CCCC1. The van der Waals surface area contributed by atoms with Gasteiger partial charge in [0.05, 0.1) is 5.92 Å². The summed E-state index contributed by atoms with van der Waals surface area (Å²) in [5, 5.41) is 0. The van der Waals surface area contributed by atoms with Crippen LogP contribution in [0.1, 0.15) is 19.3 Å². The van der Waals surface area contributed by atoms with E-state index in [-0.39, 0.29) is 17.7 Å². The maximum absolute atomic E-state index is 12.4. The fourth-order valence-corrected chi connectivity index (χ4v) is 3.35. The van der Waals surface area contributed by atoms with Crippen molar-refractivity contribution in [3.63, 3.8) is 0 Å². The normalized spacial score (nSPS) is 22.6. The van der Waals surface area contributed by atoms with Crippen molar-refractivity contribution in [2.24, 2.45) is 5.92 Å². The quantitative estimate of drug-likeness (QED) is 0.832. The predicted molar refractivity (Wildman–Crippen MR) is 80.4 cm³/mol. The van der Waals surface area contributed by atoms with Gasteiger partial charge in [-0.3, -0.25) is 9.59 Å². The maximum atomic E-state index is 12.4. The van der Waals surface area contributed by atoms with Gasteiger partial charge in [-0.2, -0.15) is 0 Å². The van der Waals surface area contributed by atoms with Gasteiger partial charge in [0.15, 0.2) is 0 Å². The minimum absolute atomic E-state index is 0.0423. The summed E-state index contributed by atoms with van der Waals surface area (Å²) in [4.78, 5) is 28.2. The number of anilines is 1. The highest BCUT2D eigenvalue weighted by Gasteiger charge is 2.37. The van der Waals surface area contributed by atoms with Crippen LogP contribution in [-0.4, -0.2) is 36.3 Å². The molecule has 0 aliphatic carbocycles. The summed E-state index contributed by atoms with van der Waals surface area (Å²) in [5.74, 6) is 0.00794. The molecule has 3 rings (SSSR count). The highest BCUT2D eigenvalue weighted by molar-refractivity contribution is 9.10. The first-order valence-electron chi connectivity index (χ1n) is 7.00. The molecule has 2 aliphatic rings. The lowest BCUT2D eigenvalue weighted by molar-refractivity contribution is -0.134. The Labute approximate surface area is 126 Å². The van der Waals surface area contributed by atoms with Gasteiger partial charge < -0.3 is 9.80 Å². The number of likely N-dealkylation sites (tertiary alicyclic amines) is 1. The Morgan fingerprint density at radius 1 is 1.25 bits per heavy atom. The van der Waals surface area contributed by atoms with Crippen LogP contribution in [0.3, 0.4) is 0 Å². The van der Waals surface area contributed by atoms with E-state index in [0.29, 0.717) is 13.0 Å². The topological polar surface area (TPSA) is 40.6 Å². The molecule has 0 spiro atoms. The Balaban J connectivity index is 1.73. The van der Waals surface area contributed by atoms with E-state index >= 15 is 0 Å². The molecule has 5 heteroatoms. The van der Waals surface area contributed by atoms with Crippen molar-refractivity contribution in [1.29, 1.82) is 0 Å². The zero-order chi connectivity index (χ0) is 14.1. The summed E-state index contributed by atoms with van der Waals surface area (Å²) in [6.07, 6.45) is 2.51. The average molecular weight is 337 g/mol. The third-order valence-corrected chi connectivity index (χ3v) is 4.51. The van der Waals surface area contributed by atoms with Crippen LogP contribution in [0.4, 0.5) is 5.69 Å². The van der Waals surface area contributed by atoms with Crippen molar-refractivity contribution in [2.45, 2.75) is 19.3 Å². The molecular weight excluding hydrogens is 320 g/mol. The molecule has 20 heavy (non-hydrogen) atoms. The zero-order valence-electron chi connectivity index (χ0n) is 11.2. The lowest BCUT2D eigenvalue weighted by Gasteiger charge is -2.20. The van der Waals surface area contributed by atoms with Crippen molar-refractivity contribution in [3.8, 4) is 0 Å². The molecule has 0 radical (unpaired) electrons. The monoisotopic (exact) mass is 336 g/mol. The van der Waals surface area contributed by atoms with Gasteiger partial charge in [0.1, 0.15) is 0 Å². The van der Waals surface area contributed by atoms with Crippen LogP contribution >= 0.6 is 15.9 Å². The van der Waals surface area contributed by atoms with Crippen LogP contribution in [0, 0.1) is 5.92 Å². The molecule has 2 heterocycles. The van der Waals surface area contributed by atoms with E-state index < -0.39 is 0 Å². The molecule has 0 bridgehead atoms. The number of rotatable bonds is 2. The van der Waals surface area contributed by atoms with Gasteiger partial charge in [0, 0.05) is 36.2 Å². The fraction of sp³-hybridized carbons (Fsp3) is 0.467. The summed E-state index contributed by atoms with van der Waals surface area (Å²) < 4.78 is 0.942. The minimum Gasteiger partial charge on any atom is -0.342 e. The van der Waals surface area contributed by atoms with E-state index in [1.54, 1.807) is 4.90 Å². The van der Waals surface area contributed by atoms with E-state index in [9.17, 15) is 9.59 Å². The summed E-state index contributed by atoms with van der Waals surface area (Å²) in [7, 11) is 0. The number of amides is 2. The Hall–Kier alpha value is -1.36. The van der Waals surface area contributed by atoms with Crippen LogP contribution in [0.25, 0.3) is 0 Å². The Morgan fingerprint density at radius 2 is 2.00 bits per heavy atom. The van der Waals surface area contributed by atoms with Gasteiger partial charge in [-0.25, -0.2) is 0 Å². The van der Waals surface area contributed by atoms with E-state index in [2.05, 4.69) is 15.9 Å². The van der Waals surface area contributed by atoms with Crippen LogP contribution < -0.4 is 4.90 Å². The number of nitrogens with zero attached hydrogens (tertiary/aromatic N) is 2. The molecule has 106 valence electrons. The number of halogens is 1. The van der Waals surface area contributed by atoms with Gasteiger partial charge in [-0.05, 0) is 31.0 Å². The van der Waals surface area contributed by atoms with Gasteiger partial charge in [-0.1, -0.05) is 22.0 Å². The van der Waals surface area contributed by atoms with Gasteiger partial charge >= 0.3 is 0 Å². The molecule has 1 unspecified atom stereocenters. The zero-order valence-corrected chi connectivity index (χ0v) is 12.8. The lowest BCUT2D eigenvalue weighted by Crippen LogP contribution is -2.35. The Bertz CT molecular complexity index is 540. The minimum atomic E-state index is -0.181. The molecule has 1 atom stereocenters. The van der Waals surface area contributed by atoms with Gasteiger partial charge in [0.2, 0.25) is 11.8 Å². The Morgan fingerprint density at radius 3 is 2.70 bits per heavy atom. The fourth-order valence-electron chi connectivity index (χ4n) is 2.96. The highest BCUT2D eigenvalue weighted by atomic mass is 79.9. The van der Waals surface area contributed by atoms with E-state index in [0.717, 1.165) is 36.1 Å². The molecular formula is C15H17BrN2O2. The third-order valence-electron chi connectivity index (χ3n) is 4.01. The van der Waals surface area contributed by atoms with Gasteiger partial charge in [-0.15, -0.1) is 0 Å². The lowest BCUT2D eigenvalue weighted by atomic mass is 10.1. The number of carbonyl (C=O) groups excluding carboxylic acids is 2. The molecule has 2 amide bonds. The summed E-state index contributed by atoms with van der Waals surface area (Å²) >= 11 is 3.41. The molecule has 4 nitrogen and oxygen atoms in total. The third kappa shape index (κ3) is 2.59. The maximum Gasteiger partial charge on any atom is 0.228 e. The van der Waals surface area contributed by atoms with Crippen molar-refractivity contribution < 1.29 is 9.59 Å². The van der Waals surface area contributed by atoms with Crippen molar-refractivity contribution in [2.75, 3.05) is 24.5 Å². The number of hydrogen-bond acceptors (Lipinski definition) is 2. The second kappa shape index (κ2) is 5.56. The molecule has 2 saturated heterocycles. The first kappa shape index (κ1) is 13.6. The van der Waals surface area contributed by atoms with E-state index in [4.69, 9.17) is 0 Å². The molecule has 0 aromatic heterocycles. The second-order valence-corrected chi connectivity index (χ2v) is 6.33. The smallest absolute Gasteiger partial charge is 0.228 e. The standard InChI is InChI=1S/C15H17BrN2O2/c16-12-4-3-5-13(9-12)18-10-11(8-14(18)19)15(20)17-6-1-2-7-17/h3-5,9,11H,1-2,6-8,10H2. The first-order chi connectivity index (χ1) is 9.65. The largest absolute Gasteiger partial charge is 0.342 e. The first-order valence-corrected chi connectivity index (χ1v) is 7.79. The van der Waals surface area contributed by atoms with Crippen molar-refractivity contribution in [3.05, 3.63) is 28.7 Å². The number of carbonyl (C=O) groups is 2. The molecule has 2 fully saturated rings. The van der Waals surface area contributed by atoms with Gasteiger partial charge in [0.25, 0.3) is 0 Å². The highest BCUT2D eigenvalue weighted by Crippen LogP contribution is 2.28. The predicted octanol–water partition coefficient (Wildman–Crippen LogP) is 2.42. The molecule has 1 aromatic carbocycles.